The Balaban J connectivity index is 1.30. The Hall–Kier alpha value is -2.86. The van der Waals surface area contributed by atoms with Crippen molar-refractivity contribution in [1.82, 2.24) is 19.8 Å². The van der Waals surface area contributed by atoms with Crippen molar-refractivity contribution in [3.05, 3.63) is 47.0 Å². The fraction of sp³-hybridized carbons (Fsp3) is 0.545. The summed E-state index contributed by atoms with van der Waals surface area (Å²) in [6.07, 6.45) is 4.21. The van der Waals surface area contributed by atoms with Gasteiger partial charge >= 0.3 is 0 Å². The van der Waals surface area contributed by atoms with Crippen LogP contribution < -0.4 is 0 Å². The molecule has 0 radical (unpaired) electrons. The van der Waals surface area contributed by atoms with Crippen LogP contribution >= 0.6 is 0 Å². The van der Waals surface area contributed by atoms with Gasteiger partial charge in [0.1, 0.15) is 23.7 Å². The molecule has 9 heteroatoms. The molecular formula is C22H24F2N6O. The van der Waals surface area contributed by atoms with Crippen LogP contribution in [0.25, 0.3) is 0 Å². The molecule has 1 aromatic carbocycles. The maximum Gasteiger partial charge on any atom is 0.164 e. The highest BCUT2D eigenvalue weighted by molar-refractivity contribution is 5.60. The van der Waals surface area contributed by atoms with Crippen molar-refractivity contribution in [2.75, 3.05) is 0 Å². The van der Waals surface area contributed by atoms with E-state index in [2.05, 4.69) is 21.3 Å². The first-order chi connectivity index (χ1) is 14.9. The van der Waals surface area contributed by atoms with E-state index >= 15 is 0 Å². The van der Waals surface area contributed by atoms with Crippen LogP contribution in [0.2, 0.25) is 0 Å². The highest BCUT2D eigenvalue weighted by atomic mass is 19.1. The van der Waals surface area contributed by atoms with Crippen LogP contribution in [0.15, 0.2) is 23.3 Å². The zero-order chi connectivity index (χ0) is 21.8. The molecule has 3 fully saturated rings. The highest BCUT2D eigenvalue weighted by Gasteiger charge is 2.61. The summed E-state index contributed by atoms with van der Waals surface area (Å²) in [6, 6.07) is 5.18. The number of fused-ring (bicyclic) bond motifs is 1. The predicted octanol–water partition coefficient (Wildman–Crippen LogP) is 3.10. The van der Waals surface area contributed by atoms with E-state index in [1.807, 2.05) is 11.6 Å². The monoisotopic (exact) mass is 426 g/mol. The van der Waals surface area contributed by atoms with Gasteiger partial charge in [0.15, 0.2) is 5.82 Å². The molecule has 6 rings (SSSR count). The number of nitrogens with zero attached hydrogens (tertiary/aromatic N) is 6. The quantitative estimate of drug-likeness (QED) is 0.767. The van der Waals surface area contributed by atoms with Crippen LogP contribution in [0.1, 0.15) is 48.9 Å². The Labute approximate surface area is 179 Å². The van der Waals surface area contributed by atoms with E-state index in [0.717, 1.165) is 31.2 Å². The van der Waals surface area contributed by atoms with Gasteiger partial charge in [0.25, 0.3) is 0 Å². The van der Waals surface area contributed by atoms with E-state index in [1.54, 1.807) is 11.2 Å². The third kappa shape index (κ3) is 3.39. The second-order valence-corrected chi connectivity index (χ2v) is 9.09. The molecule has 0 spiro atoms. The zero-order valence-corrected chi connectivity index (χ0v) is 17.2. The summed E-state index contributed by atoms with van der Waals surface area (Å²) >= 11 is 0. The van der Waals surface area contributed by atoms with Crippen molar-refractivity contribution in [2.24, 2.45) is 22.4 Å². The molecule has 2 bridgehead atoms. The average Bonchev–Trinajstić information content (AvgIpc) is 3.44. The molecule has 7 nitrogen and oxygen atoms in total. The Bertz CT molecular complexity index is 1050. The molecule has 3 atom stereocenters. The number of hydrogen-bond donors (Lipinski definition) is 1. The van der Waals surface area contributed by atoms with Crippen molar-refractivity contribution in [1.29, 1.82) is 5.26 Å². The van der Waals surface area contributed by atoms with Crippen LogP contribution in [0.3, 0.4) is 0 Å². The lowest BCUT2D eigenvalue weighted by atomic mass is 9.67. The topological polar surface area (TPSA) is 90.3 Å². The van der Waals surface area contributed by atoms with Crippen molar-refractivity contribution in [3.63, 3.8) is 0 Å². The van der Waals surface area contributed by atoms with Crippen LogP contribution in [0, 0.1) is 47.1 Å². The maximum absolute atomic E-state index is 13.7. The van der Waals surface area contributed by atoms with E-state index < -0.39 is 17.9 Å². The molecule has 2 heterocycles. The average molecular weight is 426 g/mol. The minimum atomic E-state index is -0.810. The molecule has 3 aliphatic carbocycles. The summed E-state index contributed by atoms with van der Waals surface area (Å²) in [5.41, 5.74) is 0.213. The number of benzene rings is 1. The number of aliphatic hydroxyl groups is 1. The summed E-state index contributed by atoms with van der Waals surface area (Å²) in [5.74, 6) is 0.935. The molecule has 31 heavy (non-hydrogen) atoms. The van der Waals surface area contributed by atoms with Gasteiger partial charge in [-0.25, -0.2) is 18.4 Å². The predicted molar refractivity (Wildman–Crippen MR) is 107 cm³/mol. The van der Waals surface area contributed by atoms with Gasteiger partial charge in [-0.1, -0.05) is 0 Å². The number of hydrazone groups is 1. The Morgan fingerprint density at radius 1 is 1.26 bits per heavy atom. The molecule has 162 valence electrons. The molecule has 3 unspecified atom stereocenters. The molecule has 3 saturated carbocycles. The van der Waals surface area contributed by atoms with E-state index in [-0.39, 0.29) is 17.9 Å². The first kappa shape index (κ1) is 20.1. The summed E-state index contributed by atoms with van der Waals surface area (Å²) in [5, 5.41) is 30.6. The van der Waals surface area contributed by atoms with Crippen LogP contribution in [0.4, 0.5) is 8.78 Å². The Morgan fingerprint density at radius 2 is 2.00 bits per heavy atom. The van der Waals surface area contributed by atoms with Gasteiger partial charge in [-0.3, -0.25) is 5.01 Å². The molecule has 1 aliphatic heterocycles. The second kappa shape index (κ2) is 7.38. The number of aromatic nitrogens is 3. The zero-order valence-electron chi connectivity index (χ0n) is 17.2. The lowest BCUT2D eigenvalue weighted by Gasteiger charge is -2.46. The standard InChI is InChI=1S/C22H24F2N6O/c1-13-27-20(2-4-25)28-29(13)12-16-11-22(9-15(16)10-22)21(31)30-19(3-5-26-30)14-6-17(23)8-18(24)7-14/h5-8,15-16,19,21,31H,2-3,9-12H2,1H3. The largest absolute Gasteiger partial charge is 0.371 e. The van der Waals surface area contributed by atoms with Gasteiger partial charge in [0.2, 0.25) is 0 Å². The van der Waals surface area contributed by atoms with E-state index in [1.165, 1.54) is 12.1 Å². The summed E-state index contributed by atoms with van der Waals surface area (Å²) in [7, 11) is 0. The van der Waals surface area contributed by atoms with Crippen molar-refractivity contribution < 1.29 is 13.9 Å². The van der Waals surface area contributed by atoms with Gasteiger partial charge in [-0.05, 0) is 55.7 Å². The van der Waals surface area contributed by atoms with Gasteiger partial charge in [0.05, 0.1) is 18.5 Å². The number of halogens is 2. The number of nitriles is 1. The number of rotatable bonds is 6. The molecule has 0 saturated heterocycles. The summed E-state index contributed by atoms with van der Waals surface area (Å²) in [4.78, 5) is 4.35. The van der Waals surface area contributed by atoms with Crippen molar-refractivity contribution in [3.8, 4) is 6.07 Å². The van der Waals surface area contributed by atoms with E-state index in [4.69, 9.17) is 5.26 Å². The lowest BCUT2D eigenvalue weighted by Crippen LogP contribution is -2.48. The van der Waals surface area contributed by atoms with Crippen LogP contribution in [-0.4, -0.2) is 37.3 Å². The normalized spacial score (nSPS) is 29.8. The minimum Gasteiger partial charge on any atom is -0.371 e. The fourth-order valence-electron chi connectivity index (χ4n) is 5.72. The number of aryl methyl sites for hydroxylation is 1. The minimum absolute atomic E-state index is 0.194. The number of hydrogen-bond acceptors (Lipinski definition) is 6. The third-order valence-corrected chi connectivity index (χ3v) is 7.15. The lowest BCUT2D eigenvalue weighted by molar-refractivity contribution is -0.133. The molecule has 4 aliphatic rings. The number of aliphatic hydroxyl groups excluding tert-OH is 1. The van der Waals surface area contributed by atoms with E-state index in [0.29, 0.717) is 36.2 Å². The fourth-order valence-corrected chi connectivity index (χ4v) is 5.72. The first-order valence-electron chi connectivity index (χ1n) is 10.6. The highest BCUT2D eigenvalue weighted by Crippen LogP contribution is 2.64. The maximum atomic E-state index is 13.7. The third-order valence-electron chi connectivity index (χ3n) is 7.15. The van der Waals surface area contributed by atoms with Crippen molar-refractivity contribution in [2.45, 2.75) is 57.8 Å². The Kier molecular flexibility index (Phi) is 4.77. The van der Waals surface area contributed by atoms with Crippen molar-refractivity contribution >= 4 is 6.21 Å². The van der Waals surface area contributed by atoms with Gasteiger partial charge in [0, 0.05) is 30.7 Å². The molecule has 1 N–H and O–H groups in total. The molecule has 2 aromatic rings. The van der Waals surface area contributed by atoms with Crippen LogP contribution in [-0.2, 0) is 13.0 Å². The SMILES string of the molecule is Cc1nc(CC#N)nn1CC1CC2(C(O)N3N=CCC3c3cc(F)cc(F)c3)CC1C2. The summed E-state index contributed by atoms with van der Waals surface area (Å²) in [6.45, 7) is 2.60. The van der Waals surface area contributed by atoms with Gasteiger partial charge in [-0.15, -0.1) is 0 Å². The smallest absolute Gasteiger partial charge is 0.164 e. The van der Waals surface area contributed by atoms with Gasteiger partial charge in [-0.2, -0.15) is 15.5 Å². The van der Waals surface area contributed by atoms with Crippen LogP contribution in [0.5, 0.6) is 0 Å². The second-order valence-electron chi connectivity index (χ2n) is 9.09. The van der Waals surface area contributed by atoms with E-state index in [9.17, 15) is 13.9 Å². The molecule has 0 amide bonds. The molecule has 1 aromatic heterocycles. The first-order valence-corrected chi connectivity index (χ1v) is 10.6. The Morgan fingerprint density at radius 3 is 2.71 bits per heavy atom. The molecular weight excluding hydrogens is 402 g/mol. The van der Waals surface area contributed by atoms with Gasteiger partial charge < -0.3 is 5.11 Å². The summed E-state index contributed by atoms with van der Waals surface area (Å²) < 4.78 is 29.3.